The number of hydrogen-bond donors (Lipinski definition) is 1. The molecule has 0 bridgehead atoms. The van der Waals surface area contributed by atoms with E-state index >= 15 is 0 Å². The Hall–Kier alpha value is -1.31. The van der Waals surface area contributed by atoms with Crippen LogP contribution in [-0.4, -0.2) is 12.4 Å². The van der Waals surface area contributed by atoms with E-state index in [9.17, 15) is 0 Å². The van der Waals surface area contributed by atoms with Gasteiger partial charge in [-0.2, -0.15) is 0 Å². The first-order chi connectivity index (χ1) is 6.86. The van der Waals surface area contributed by atoms with Gasteiger partial charge in [-0.25, -0.2) is 0 Å². The number of hydrogen-bond acceptors (Lipinski definition) is 1. The lowest BCUT2D eigenvalue weighted by Gasteiger charge is -1.99. The van der Waals surface area contributed by atoms with Crippen molar-refractivity contribution < 1.29 is 0 Å². The maximum Gasteiger partial charge on any atom is 0.125 e. The second kappa shape index (κ2) is 4.27. The van der Waals surface area contributed by atoms with Crippen molar-refractivity contribution in [3.05, 3.63) is 35.9 Å². The van der Waals surface area contributed by atoms with E-state index in [1.807, 2.05) is 30.3 Å². The van der Waals surface area contributed by atoms with Crippen LogP contribution in [0.15, 0.2) is 35.3 Å². The van der Waals surface area contributed by atoms with Gasteiger partial charge >= 0.3 is 0 Å². The van der Waals surface area contributed by atoms with Crippen molar-refractivity contribution in [3.8, 4) is 0 Å². The van der Waals surface area contributed by atoms with E-state index < -0.39 is 0 Å². The zero-order chi connectivity index (χ0) is 9.80. The van der Waals surface area contributed by atoms with Gasteiger partial charge in [-0.3, -0.25) is 4.99 Å². The molecule has 74 valence electrons. The summed E-state index contributed by atoms with van der Waals surface area (Å²) >= 11 is 0. The maximum absolute atomic E-state index is 5.85. The van der Waals surface area contributed by atoms with Crippen LogP contribution in [0, 0.1) is 5.92 Å². The number of aliphatic imine (C=N–C) groups is 1. The van der Waals surface area contributed by atoms with Gasteiger partial charge in [0.2, 0.25) is 0 Å². The van der Waals surface area contributed by atoms with E-state index in [2.05, 4.69) is 4.99 Å². The van der Waals surface area contributed by atoms with Crippen LogP contribution in [0.25, 0.3) is 0 Å². The SMILES string of the molecule is NC(=NCCC1CC1)c1ccccc1. The van der Waals surface area contributed by atoms with Gasteiger partial charge in [0.25, 0.3) is 0 Å². The molecule has 0 radical (unpaired) electrons. The molecule has 1 saturated carbocycles. The van der Waals surface area contributed by atoms with E-state index in [0.717, 1.165) is 18.0 Å². The Bertz CT molecular complexity index is 312. The molecule has 0 atom stereocenters. The third-order valence-electron chi connectivity index (χ3n) is 2.59. The summed E-state index contributed by atoms with van der Waals surface area (Å²) in [5.41, 5.74) is 6.88. The topological polar surface area (TPSA) is 38.4 Å². The van der Waals surface area contributed by atoms with Crippen LogP contribution in [0.1, 0.15) is 24.8 Å². The van der Waals surface area contributed by atoms with Crippen molar-refractivity contribution in [2.24, 2.45) is 16.6 Å². The lowest BCUT2D eigenvalue weighted by molar-refractivity contribution is 0.739. The quantitative estimate of drug-likeness (QED) is 0.571. The lowest BCUT2D eigenvalue weighted by atomic mass is 10.2. The molecule has 0 spiro atoms. The van der Waals surface area contributed by atoms with Crippen molar-refractivity contribution >= 4 is 5.84 Å². The number of amidine groups is 1. The van der Waals surface area contributed by atoms with Gasteiger partial charge in [-0.1, -0.05) is 43.2 Å². The van der Waals surface area contributed by atoms with Crippen molar-refractivity contribution in [1.29, 1.82) is 0 Å². The van der Waals surface area contributed by atoms with Gasteiger partial charge in [0.1, 0.15) is 5.84 Å². The fourth-order valence-corrected chi connectivity index (χ4v) is 1.47. The standard InChI is InChI=1S/C12H16N2/c13-12(11-4-2-1-3-5-11)14-9-8-10-6-7-10/h1-5,10H,6-9H2,(H2,13,14). The Kier molecular flexibility index (Phi) is 2.82. The van der Waals surface area contributed by atoms with E-state index in [1.54, 1.807) is 0 Å². The molecule has 1 aliphatic rings. The van der Waals surface area contributed by atoms with Crippen molar-refractivity contribution in [3.63, 3.8) is 0 Å². The monoisotopic (exact) mass is 188 g/mol. The largest absolute Gasteiger partial charge is 0.384 e. The van der Waals surface area contributed by atoms with Gasteiger partial charge in [-0.15, -0.1) is 0 Å². The molecular weight excluding hydrogens is 172 g/mol. The molecule has 1 aromatic carbocycles. The fourth-order valence-electron chi connectivity index (χ4n) is 1.47. The molecule has 0 aliphatic heterocycles. The minimum Gasteiger partial charge on any atom is -0.384 e. The highest BCUT2D eigenvalue weighted by atomic mass is 14.8. The molecule has 2 nitrogen and oxygen atoms in total. The molecule has 1 aromatic rings. The summed E-state index contributed by atoms with van der Waals surface area (Å²) in [5.74, 6) is 1.61. The molecule has 0 amide bonds. The highest BCUT2D eigenvalue weighted by molar-refractivity contribution is 5.97. The van der Waals surface area contributed by atoms with E-state index in [-0.39, 0.29) is 0 Å². The summed E-state index contributed by atoms with van der Waals surface area (Å²) in [6.45, 7) is 0.880. The van der Waals surface area contributed by atoms with Crippen LogP contribution in [0.4, 0.5) is 0 Å². The molecule has 1 fully saturated rings. The molecule has 1 aliphatic carbocycles. The number of nitrogens with zero attached hydrogens (tertiary/aromatic N) is 1. The summed E-state index contributed by atoms with van der Waals surface area (Å²) in [6.07, 6.45) is 3.98. The molecule has 14 heavy (non-hydrogen) atoms. The average molecular weight is 188 g/mol. The zero-order valence-corrected chi connectivity index (χ0v) is 8.32. The first-order valence-electron chi connectivity index (χ1n) is 5.21. The Labute approximate surface area is 84.9 Å². The van der Waals surface area contributed by atoms with Gasteiger partial charge in [0, 0.05) is 12.1 Å². The van der Waals surface area contributed by atoms with Crippen LogP contribution in [0.3, 0.4) is 0 Å². The summed E-state index contributed by atoms with van der Waals surface area (Å²) in [4.78, 5) is 4.37. The smallest absolute Gasteiger partial charge is 0.125 e. The van der Waals surface area contributed by atoms with Crippen molar-refractivity contribution in [2.45, 2.75) is 19.3 Å². The molecular formula is C12H16N2. The predicted molar refractivity (Wildman–Crippen MR) is 59.4 cm³/mol. The Morgan fingerprint density at radius 3 is 2.64 bits per heavy atom. The molecule has 0 aromatic heterocycles. The molecule has 0 unspecified atom stereocenters. The minimum atomic E-state index is 0.672. The number of rotatable bonds is 4. The summed E-state index contributed by atoms with van der Waals surface area (Å²) in [6, 6.07) is 9.95. The fraction of sp³-hybridized carbons (Fsp3) is 0.417. The Morgan fingerprint density at radius 2 is 2.00 bits per heavy atom. The van der Waals surface area contributed by atoms with Gasteiger partial charge in [-0.05, 0) is 12.3 Å². The molecule has 2 heteroatoms. The Balaban J connectivity index is 1.89. The minimum absolute atomic E-state index is 0.672. The molecule has 0 heterocycles. The molecule has 0 saturated heterocycles. The number of benzene rings is 1. The maximum atomic E-state index is 5.85. The van der Waals surface area contributed by atoms with Gasteiger partial charge < -0.3 is 5.73 Å². The summed E-state index contributed by atoms with van der Waals surface area (Å²) in [5, 5.41) is 0. The van der Waals surface area contributed by atoms with Crippen molar-refractivity contribution in [1.82, 2.24) is 0 Å². The second-order valence-corrected chi connectivity index (χ2v) is 3.87. The van der Waals surface area contributed by atoms with Gasteiger partial charge in [0.15, 0.2) is 0 Å². The second-order valence-electron chi connectivity index (χ2n) is 3.87. The third-order valence-corrected chi connectivity index (χ3v) is 2.59. The zero-order valence-electron chi connectivity index (χ0n) is 8.32. The van der Waals surface area contributed by atoms with Crippen LogP contribution in [0.5, 0.6) is 0 Å². The average Bonchev–Trinajstić information content (AvgIpc) is 3.03. The highest BCUT2D eigenvalue weighted by Gasteiger charge is 2.19. The highest BCUT2D eigenvalue weighted by Crippen LogP contribution is 2.32. The lowest BCUT2D eigenvalue weighted by Crippen LogP contribution is -2.13. The third kappa shape index (κ3) is 2.59. The van der Waals surface area contributed by atoms with Crippen LogP contribution >= 0.6 is 0 Å². The number of nitrogens with two attached hydrogens (primary N) is 1. The van der Waals surface area contributed by atoms with Crippen molar-refractivity contribution in [2.75, 3.05) is 6.54 Å². The predicted octanol–water partition coefficient (Wildman–Crippen LogP) is 2.19. The summed E-state index contributed by atoms with van der Waals surface area (Å²) < 4.78 is 0. The molecule has 2 N–H and O–H groups in total. The first kappa shape index (κ1) is 9.25. The van der Waals surface area contributed by atoms with Crippen LogP contribution in [0.2, 0.25) is 0 Å². The Morgan fingerprint density at radius 1 is 1.29 bits per heavy atom. The van der Waals surface area contributed by atoms with Crippen LogP contribution < -0.4 is 5.73 Å². The van der Waals surface area contributed by atoms with Gasteiger partial charge in [0.05, 0.1) is 0 Å². The summed E-state index contributed by atoms with van der Waals surface area (Å²) in [7, 11) is 0. The first-order valence-corrected chi connectivity index (χ1v) is 5.21. The van der Waals surface area contributed by atoms with E-state index in [4.69, 9.17) is 5.73 Å². The normalized spacial score (nSPS) is 17.0. The molecule has 2 rings (SSSR count). The van der Waals surface area contributed by atoms with Crippen LogP contribution in [-0.2, 0) is 0 Å². The van der Waals surface area contributed by atoms with E-state index in [0.29, 0.717) is 5.84 Å². The van der Waals surface area contributed by atoms with E-state index in [1.165, 1.54) is 19.3 Å².